The maximum Gasteiger partial charge on any atom is 0.262 e. The minimum Gasteiger partial charge on any atom is -0.321 e. The van der Waals surface area contributed by atoms with Gasteiger partial charge in [-0.15, -0.1) is 0 Å². The molecule has 0 saturated heterocycles. The third-order valence-corrected chi connectivity index (χ3v) is 5.39. The van der Waals surface area contributed by atoms with E-state index in [-0.39, 0.29) is 16.2 Å². The predicted molar refractivity (Wildman–Crippen MR) is 89.1 cm³/mol. The van der Waals surface area contributed by atoms with Gasteiger partial charge < -0.3 is 5.32 Å². The van der Waals surface area contributed by atoms with Gasteiger partial charge in [0, 0.05) is 22.0 Å². The van der Waals surface area contributed by atoms with Crippen molar-refractivity contribution in [1.82, 2.24) is 0 Å². The summed E-state index contributed by atoms with van der Waals surface area (Å²) in [6.07, 6.45) is 0. The number of anilines is 2. The highest BCUT2D eigenvalue weighted by atomic mass is 32.2. The van der Waals surface area contributed by atoms with Gasteiger partial charge in [-0.1, -0.05) is 18.2 Å². The average molecular weight is 360 g/mol. The average Bonchev–Trinajstić information content (AvgIpc) is 2.89. The van der Waals surface area contributed by atoms with E-state index in [1.165, 1.54) is 18.2 Å². The number of hydrogen-bond donors (Lipinski definition) is 2. The molecule has 1 amide bonds. The first-order valence-corrected chi connectivity index (χ1v) is 8.71. The van der Waals surface area contributed by atoms with Crippen molar-refractivity contribution < 1.29 is 22.0 Å². The van der Waals surface area contributed by atoms with E-state index in [4.69, 9.17) is 0 Å². The molecule has 1 aliphatic rings. The van der Waals surface area contributed by atoms with Crippen LogP contribution in [0.4, 0.5) is 20.2 Å². The SMILES string of the molecule is O=C1Nc2ccc(S(=O)(=O)Nc3c(F)cccc3F)c3cccc1c23. The Labute approximate surface area is 141 Å². The first-order valence-electron chi connectivity index (χ1n) is 7.22. The van der Waals surface area contributed by atoms with Crippen LogP contribution in [0.25, 0.3) is 10.8 Å². The van der Waals surface area contributed by atoms with E-state index < -0.39 is 27.3 Å². The van der Waals surface area contributed by atoms with Crippen molar-refractivity contribution in [2.45, 2.75) is 4.90 Å². The molecule has 126 valence electrons. The molecule has 3 aromatic carbocycles. The lowest BCUT2D eigenvalue weighted by Crippen LogP contribution is -2.15. The molecule has 0 atom stereocenters. The van der Waals surface area contributed by atoms with Crippen molar-refractivity contribution in [3.8, 4) is 0 Å². The number of benzene rings is 3. The highest BCUT2D eigenvalue weighted by molar-refractivity contribution is 7.93. The third-order valence-electron chi connectivity index (χ3n) is 3.98. The minimum absolute atomic E-state index is 0.174. The second kappa shape index (κ2) is 5.25. The maximum atomic E-state index is 13.8. The lowest BCUT2D eigenvalue weighted by molar-refractivity contribution is 0.103. The van der Waals surface area contributed by atoms with Gasteiger partial charge in [0.25, 0.3) is 15.9 Å². The molecule has 4 rings (SSSR count). The summed E-state index contributed by atoms with van der Waals surface area (Å²) in [6.45, 7) is 0. The molecule has 25 heavy (non-hydrogen) atoms. The van der Waals surface area contributed by atoms with Gasteiger partial charge in [-0.05, 0) is 30.3 Å². The molecule has 0 saturated carbocycles. The van der Waals surface area contributed by atoms with Crippen LogP contribution in [-0.4, -0.2) is 14.3 Å². The van der Waals surface area contributed by atoms with E-state index in [2.05, 4.69) is 5.32 Å². The van der Waals surface area contributed by atoms with E-state index in [1.54, 1.807) is 12.1 Å². The summed E-state index contributed by atoms with van der Waals surface area (Å²) in [6, 6.07) is 10.4. The van der Waals surface area contributed by atoms with Gasteiger partial charge in [-0.2, -0.15) is 0 Å². The third kappa shape index (κ3) is 2.33. The second-order valence-electron chi connectivity index (χ2n) is 5.50. The van der Waals surface area contributed by atoms with Gasteiger partial charge in [0.1, 0.15) is 17.3 Å². The summed E-state index contributed by atoms with van der Waals surface area (Å²) < 4.78 is 54.9. The van der Waals surface area contributed by atoms with Crippen LogP contribution in [0.1, 0.15) is 10.4 Å². The maximum absolute atomic E-state index is 13.8. The fourth-order valence-corrected chi connectivity index (χ4v) is 4.16. The molecule has 0 fully saturated rings. The standard InChI is InChI=1S/C17H10F2N2O3S/c18-11-5-2-6-12(19)16(11)21-25(23,24)14-8-7-13-15-9(14)3-1-4-10(15)17(22)20-13/h1-8,21H,(H,20,22). The number of carbonyl (C=O) groups excluding carboxylic acids is 1. The smallest absolute Gasteiger partial charge is 0.262 e. The van der Waals surface area contributed by atoms with Gasteiger partial charge in [0.2, 0.25) is 0 Å². The molecule has 0 aliphatic carbocycles. The van der Waals surface area contributed by atoms with Crippen LogP contribution in [0.3, 0.4) is 0 Å². The van der Waals surface area contributed by atoms with Crippen LogP contribution >= 0.6 is 0 Å². The van der Waals surface area contributed by atoms with E-state index >= 15 is 0 Å². The van der Waals surface area contributed by atoms with Gasteiger partial charge in [-0.25, -0.2) is 17.2 Å². The quantitative estimate of drug-likeness (QED) is 0.751. The van der Waals surface area contributed by atoms with Gasteiger partial charge in [-0.3, -0.25) is 9.52 Å². The number of amides is 1. The highest BCUT2D eigenvalue weighted by Crippen LogP contribution is 2.37. The van der Waals surface area contributed by atoms with Gasteiger partial charge >= 0.3 is 0 Å². The molecule has 3 aromatic rings. The first-order chi connectivity index (χ1) is 11.9. The zero-order valence-corrected chi connectivity index (χ0v) is 13.3. The zero-order chi connectivity index (χ0) is 17.8. The van der Waals surface area contributed by atoms with E-state index in [0.29, 0.717) is 16.6 Å². The number of sulfonamides is 1. The van der Waals surface area contributed by atoms with Crippen molar-refractivity contribution >= 4 is 38.1 Å². The molecule has 0 spiro atoms. The number of rotatable bonds is 3. The fraction of sp³-hybridized carbons (Fsp3) is 0. The van der Waals surface area contributed by atoms with Crippen LogP contribution in [0.15, 0.2) is 53.4 Å². The summed E-state index contributed by atoms with van der Waals surface area (Å²) >= 11 is 0. The molecule has 0 unspecified atom stereocenters. The molecular formula is C17H10F2N2O3S. The molecule has 2 N–H and O–H groups in total. The Balaban J connectivity index is 1.91. The highest BCUT2D eigenvalue weighted by Gasteiger charge is 2.27. The van der Waals surface area contributed by atoms with Gasteiger partial charge in [0.15, 0.2) is 0 Å². The Bertz CT molecular complexity index is 1140. The molecule has 1 heterocycles. The lowest BCUT2D eigenvalue weighted by atomic mass is 10.1. The van der Waals surface area contributed by atoms with Gasteiger partial charge in [0.05, 0.1) is 4.90 Å². The summed E-state index contributed by atoms with van der Waals surface area (Å²) in [4.78, 5) is 11.7. The van der Waals surface area contributed by atoms with Crippen LogP contribution < -0.4 is 10.0 Å². The largest absolute Gasteiger partial charge is 0.321 e. The topological polar surface area (TPSA) is 75.3 Å². The first kappa shape index (κ1) is 15.5. The van der Waals surface area contributed by atoms with Crippen LogP contribution in [0.5, 0.6) is 0 Å². The summed E-state index contributed by atoms with van der Waals surface area (Å²) in [7, 11) is -4.28. The monoisotopic (exact) mass is 360 g/mol. The van der Waals surface area contributed by atoms with Crippen molar-refractivity contribution in [3.63, 3.8) is 0 Å². The second-order valence-corrected chi connectivity index (χ2v) is 7.15. The Kier molecular flexibility index (Phi) is 3.26. The van der Waals surface area contributed by atoms with E-state index in [1.807, 2.05) is 4.72 Å². The summed E-state index contributed by atoms with van der Waals surface area (Å²) in [5, 5.41) is 3.40. The molecular weight excluding hydrogens is 350 g/mol. The van der Waals surface area contributed by atoms with E-state index in [9.17, 15) is 22.0 Å². The van der Waals surface area contributed by atoms with Crippen molar-refractivity contribution in [1.29, 1.82) is 0 Å². The van der Waals surface area contributed by atoms with Crippen molar-refractivity contribution in [2.75, 3.05) is 10.0 Å². The summed E-state index contributed by atoms with van der Waals surface area (Å²) in [5.41, 5.74) is 0.0909. The molecule has 1 aliphatic heterocycles. The van der Waals surface area contributed by atoms with Crippen LogP contribution in [0.2, 0.25) is 0 Å². The molecule has 8 heteroatoms. The van der Waals surface area contributed by atoms with E-state index in [0.717, 1.165) is 18.2 Å². The Morgan fingerprint density at radius 2 is 1.60 bits per heavy atom. The van der Waals surface area contributed by atoms with Crippen molar-refractivity contribution in [3.05, 3.63) is 65.7 Å². The predicted octanol–water partition coefficient (Wildman–Crippen LogP) is 3.48. The Morgan fingerprint density at radius 3 is 2.32 bits per heavy atom. The van der Waals surface area contributed by atoms with Crippen LogP contribution in [0, 0.1) is 11.6 Å². The molecule has 0 bridgehead atoms. The normalized spacial score (nSPS) is 13.1. The number of carbonyl (C=O) groups is 1. The fourth-order valence-electron chi connectivity index (χ4n) is 2.88. The number of halogens is 2. The number of hydrogen-bond acceptors (Lipinski definition) is 3. The Hall–Kier alpha value is -3.00. The van der Waals surface area contributed by atoms with Crippen LogP contribution in [-0.2, 0) is 10.0 Å². The Morgan fingerprint density at radius 1 is 0.920 bits per heavy atom. The molecule has 5 nitrogen and oxygen atoms in total. The zero-order valence-electron chi connectivity index (χ0n) is 12.5. The lowest BCUT2D eigenvalue weighted by Gasteiger charge is -2.12. The molecule has 0 aromatic heterocycles. The minimum atomic E-state index is -4.28. The number of para-hydroxylation sites is 1. The molecule has 0 radical (unpaired) electrons. The summed E-state index contributed by atoms with van der Waals surface area (Å²) in [5.74, 6) is -2.37. The number of nitrogens with one attached hydrogen (secondary N) is 2. The van der Waals surface area contributed by atoms with Crippen molar-refractivity contribution in [2.24, 2.45) is 0 Å².